The van der Waals surface area contributed by atoms with Crippen molar-refractivity contribution in [1.82, 2.24) is 4.98 Å². The molecule has 4 aromatic rings. The summed E-state index contributed by atoms with van der Waals surface area (Å²) in [5, 5.41) is 12.9. The van der Waals surface area contributed by atoms with E-state index in [-0.39, 0.29) is 5.56 Å². The molecule has 0 aliphatic rings. The number of pyridine rings is 1. The summed E-state index contributed by atoms with van der Waals surface area (Å²) in [5.41, 5.74) is 4.12. The van der Waals surface area contributed by atoms with Crippen LogP contribution in [0, 0.1) is 6.92 Å². The van der Waals surface area contributed by atoms with E-state index in [1.807, 2.05) is 73.7 Å². The van der Waals surface area contributed by atoms with Crippen molar-refractivity contribution in [2.24, 2.45) is 0 Å². The van der Waals surface area contributed by atoms with Crippen LogP contribution >= 0.6 is 11.6 Å². The highest BCUT2D eigenvalue weighted by Gasteiger charge is 2.09. The molecule has 4 rings (SSSR count). The number of carbonyl (C=O) groups excluding carboxylic acids is 1. The van der Waals surface area contributed by atoms with Gasteiger partial charge in [-0.05, 0) is 67.1 Å². The zero-order valence-electron chi connectivity index (χ0n) is 15.7. The number of rotatable bonds is 5. The van der Waals surface area contributed by atoms with Crippen LogP contribution in [0.2, 0.25) is 5.02 Å². The van der Waals surface area contributed by atoms with E-state index in [2.05, 4.69) is 4.98 Å². The van der Waals surface area contributed by atoms with Gasteiger partial charge in [0, 0.05) is 21.5 Å². The quantitative estimate of drug-likeness (QED) is 0.480. The Hall–Kier alpha value is -3.37. The Morgan fingerprint density at radius 2 is 1.72 bits per heavy atom. The fraction of sp³-hybridized carbons (Fsp3) is 0.0833. The largest absolute Gasteiger partial charge is 0.545 e. The van der Waals surface area contributed by atoms with Crippen molar-refractivity contribution in [3.05, 3.63) is 94.5 Å². The number of carboxylic acid groups (broad SMARTS) is 1. The van der Waals surface area contributed by atoms with Crippen LogP contribution in [0.15, 0.2) is 72.8 Å². The van der Waals surface area contributed by atoms with Crippen LogP contribution in [0.5, 0.6) is 5.75 Å². The summed E-state index contributed by atoms with van der Waals surface area (Å²) in [5.74, 6) is -0.507. The minimum atomic E-state index is -1.22. The smallest absolute Gasteiger partial charge is 0.119 e. The predicted molar refractivity (Wildman–Crippen MR) is 112 cm³/mol. The van der Waals surface area contributed by atoms with Gasteiger partial charge in [0.25, 0.3) is 0 Å². The fourth-order valence-electron chi connectivity index (χ4n) is 3.13. The Morgan fingerprint density at radius 1 is 1.00 bits per heavy atom. The van der Waals surface area contributed by atoms with Crippen LogP contribution < -0.4 is 9.84 Å². The number of nitrogens with zero attached hydrogens (tertiary/aromatic N) is 1. The third-order valence-corrected chi connectivity index (χ3v) is 4.90. The number of aromatic nitrogens is 1. The van der Waals surface area contributed by atoms with Crippen LogP contribution in [0.4, 0.5) is 0 Å². The number of ether oxygens (including phenoxy) is 1. The molecule has 29 heavy (non-hydrogen) atoms. The van der Waals surface area contributed by atoms with Gasteiger partial charge in [-0.1, -0.05) is 35.4 Å². The first-order chi connectivity index (χ1) is 14.0. The molecule has 0 atom stereocenters. The number of hydrogen-bond donors (Lipinski definition) is 0. The number of fused-ring (bicyclic) bond motifs is 1. The fourth-order valence-corrected chi connectivity index (χ4v) is 3.25. The lowest BCUT2D eigenvalue weighted by Gasteiger charge is -2.12. The molecule has 0 fully saturated rings. The van der Waals surface area contributed by atoms with E-state index in [0.29, 0.717) is 34.0 Å². The van der Waals surface area contributed by atoms with Crippen molar-refractivity contribution < 1.29 is 14.6 Å². The molecule has 0 bridgehead atoms. The Kier molecular flexibility index (Phi) is 5.19. The van der Waals surface area contributed by atoms with Gasteiger partial charge in [-0.25, -0.2) is 4.98 Å². The predicted octanol–water partition coefficient (Wildman–Crippen LogP) is 4.81. The Bertz CT molecular complexity index is 1190. The van der Waals surface area contributed by atoms with Gasteiger partial charge < -0.3 is 14.6 Å². The van der Waals surface area contributed by atoms with Gasteiger partial charge in [-0.2, -0.15) is 0 Å². The van der Waals surface area contributed by atoms with Gasteiger partial charge in [0.15, 0.2) is 0 Å². The highest BCUT2D eigenvalue weighted by atomic mass is 35.5. The van der Waals surface area contributed by atoms with E-state index < -0.39 is 5.97 Å². The number of benzene rings is 3. The van der Waals surface area contributed by atoms with E-state index in [0.717, 1.165) is 16.7 Å². The minimum Gasteiger partial charge on any atom is -0.545 e. The second-order valence-corrected chi connectivity index (χ2v) is 7.24. The zero-order valence-corrected chi connectivity index (χ0v) is 16.4. The molecule has 0 amide bonds. The third kappa shape index (κ3) is 4.23. The Labute approximate surface area is 173 Å². The molecular weight excluding hydrogens is 386 g/mol. The number of halogens is 1. The highest BCUT2D eigenvalue weighted by molar-refractivity contribution is 6.30. The van der Waals surface area contributed by atoms with Crippen molar-refractivity contribution in [2.75, 3.05) is 0 Å². The van der Waals surface area contributed by atoms with Crippen molar-refractivity contribution in [3.63, 3.8) is 0 Å². The summed E-state index contributed by atoms with van der Waals surface area (Å²) >= 11 is 5.89. The summed E-state index contributed by atoms with van der Waals surface area (Å²) < 4.78 is 5.80. The average Bonchev–Trinajstić information content (AvgIpc) is 2.73. The first-order valence-corrected chi connectivity index (χ1v) is 9.48. The molecule has 0 unspecified atom stereocenters. The first-order valence-electron chi connectivity index (χ1n) is 9.10. The van der Waals surface area contributed by atoms with E-state index in [1.54, 1.807) is 6.07 Å². The van der Waals surface area contributed by atoms with Gasteiger partial charge in [0.05, 0.1) is 17.2 Å². The summed E-state index contributed by atoms with van der Waals surface area (Å²) in [6.45, 7) is 2.34. The molecule has 0 radical (unpaired) electrons. The molecule has 1 aromatic heterocycles. The molecule has 1 heterocycles. The van der Waals surface area contributed by atoms with Crippen LogP contribution in [0.3, 0.4) is 0 Å². The number of carboxylic acids is 1. The molecule has 144 valence electrons. The number of aromatic carboxylic acids is 1. The lowest BCUT2D eigenvalue weighted by Crippen LogP contribution is -2.22. The molecule has 0 saturated heterocycles. The van der Waals surface area contributed by atoms with Gasteiger partial charge >= 0.3 is 0 Å². The standard InChI is InChI=1S/C24H18ClNO3/c1-15-2-11-22-20(12-15)21(24(27)28)13-23(26-22)17-5-9-19(10-6-17)29-14-16-3-7-18(25)8-4-16/h2-13H,14H2,1H3,(H,27,28)/p-1. The summed E-state index contributed by atoms with van der Waals surface area (Å²) in [7, 11) is 0. The minimum absolute atomic E-state index is 0.136. The maximum absolute atomic E-state index is 11.6. The van der Waals surface area contributed by atoms with Crippen molar-refractivity contribution in [3.8, 4) is 17.0 Å². The maximum Gasteiger partial charge on any atom is 0.119 e. The molecule has 0 N–H and O–H groups in total. The average molecular weight is 403 g/mol. The van der Waals surface area contributed by atoms with Crippen LogP contribution in [-0.4, -0.2) is 11.0 Å². The number of aryl methyl sites for hydroxylation is 1. The summed E-state index contributed by atoms with van der Waals surface area (Å²) in [6.07, 6.45) is 0. The van der Waals surface area contributed by atoms with Crippen molar-refractivity contribution >= 4 is 28.5 Å². The van der Waals surface area contributed by atoms with Crippen molar-refractivity contribution in [1.29, 1.82) is 0 Å². The topological polar surface area (TPSA) is 62.2 Å². The monoisotopic (exact) mass is 402 g/mol. The molecule has 5 heteroatoms. The molecule has 0 aliphatic carbocycles. The lowest BCUT2D eigenvalue weighted by molar-refractivity contribution is -0.254. The lowest BCUT2D eigenvalue weighted by atomic mass is 10.0. The maximum atomic E-state index is 11.6. The molecule has 0 saturated carbocycles. The molecule has 0 aliphatic heterocycles. The summed E-state index contributed by atoms with van der Waals surface area (Å²) in [4.78, 5) is 16.3. The van der Waals surface area contributed by atoms with Crippen molar-refractivity contribution in [2.45, 2.75) is 13.5 Å². The van der Waals surface area contributed by atoms with E-state index in [1.165, 1.54) is 0 Å². The second-order valence-electron chi connectivity index (χ2n) is 6.80. The van der Waals surface area contributed by atoms with Gasteiger partial charge in [0.1, 0.15) is 12.4 Å². The van der Waals surface area contributed by atoms with E-state index >= 15 is 0 Å². The Balaban J connectivity index is 1.60. The second kappa shape index (κ2) is 7.94. The van der Waals surface area contributed by atoms with Crippen LogP contribution in [0.25, 0.3) is 22.2 Å². The zero-order chi connectivity index (χ0) is 20.4. The van der Waals surface area contributed by atoms with E-state index in [9.17, 15) is 9.90 Å². The van der Waals surface area contributed by atoms with Gasteiger partial charge in [-0.3, -0.25) is 0 Å². The Morgan fingerprint density at radius 3 is 2.41 bits per heavy atom. The number of carbonyl (C=O) groups is 1. The first kappa shape index (κ1) is 19.0. The van der Waals surface area contributed by atoms with Crippen LogP contribution in [0.1, 0.15) is 21.5 Å². The SMILES string of the molecule is Cc1ccc2nc(-c3ccc(OCc4ccc(Cl)cc4)cc3)cc(C(=O)[O-])c2c1. The van der Waals surface area contributed by atoms with Gasteiger partial charge in [0.2, 0.25) is 0 Å². The van der Waals surface area contributed by atoms with E-state index in [4.69, 9.17) is 16.3 Å². The summed E-state index contributed by atoms with van der Waals surface area (Å²) in [6, 6.07) is 22.0. The van der Waals surface area contributed by atoms with Crippen LogP contribution in [-0.2, 0) is 6.61 Å². The molecular formula is C24H17ClNO3-. The molecule has 3 aromatic carbocycles. The third-order valence-electron chi connectivity index (χ3n) is 4.65. The highest BCUT2D eigenvalue weighted by Crippen LogP contribution is 2.27. The van der Waals surface area contributed by atoms with Gasteiger partial charge in [-0.15, -0.1) is 0 Å². The molecule has 0 spiro atoms. The number of hydrogen-bond acceptors (Lipinski definition) is 4. The normalized spacial score (nSPS) is 10.8. The molecule has 4 nitrogen and oxygen atoms in total.